The van der Waals surface area contributed by atoms with Crippen LogP contribution in [0.1, 0.15) is 59.3 Å². The third-order valence-corrected chi connectivity index (χ3v) is 3.35. The summed E-state index contributed by atoms with van der Waals surface area (Å²) >= 11 is 0. The first-order chi connectivity index (χ1) is 7.63. The van der Waals surface area contributed by atoms with E-state index >= 15 is 0 Å². The lowest BCUT2D eigenvalue weighted by Gasteiger charge is -2.21. The van der Waals surface area contributed by atoms with E-state index in [0.717, 1.165) is 25.7 Å². The Morgan fingerprint density at radius 1 is 1.31 bits per heavy atom. The summed E-state index contributed by atoms with van der Waals surface area (Å²) in [5, 5.41) is 6.47. The van der Waals surface area contributed by atoms with Crippen LogP contribution in [0.25, 0.3) is 0 Å². The largest absolute Gasteiger partial charge is 0.352 e. The maximum atomic E-state index is 11.9. The van der Waals surface area contributed by atoms with Crippen LogP contribution in [0.4, 0.5) is 0 Å². The second kappa shape index (κ2) is 6.89. The predicted molar refractivity (Wildman–Crippen MR) is 67.4 cm³/mol. The summed E-state index contributed by atoms with van der Waals surface area (Å²) in [7, 11) is 0. The van der Waals surface area contributed by atoms with Crippen molar-refractivity contribution < 1.29 is 4.79 Å². The van der Waals surface area contributed by atoms with E-state index in [1.54, 1.807) is 0 Å². The first-order valence-corrected chi connectivity index (χ1v) is 6.70. The van der Waals surface area contributed by atoms with E-state index in [1.807, 2.05) is 6.92 Å². The Labute approximate surface area is 99.4 Å². The third-order valence-electron chi connectivity index (χ3n) is 3.35. The first-order valence-electron chi connectivity index (χ1n) is 6.70. The highest BCUT2D eigenvalue weighted by molar-refractivity contribution is 5.81. The molecule has 0 bridgehead atoms. The molecule has 1 rings (SSSR count). The highest BCUT2D eigenvalue weighted by Crippen LogP contribution is 2.17. The van der Waals surface area contributed by atoms with Gasteiger partial charge in [0.15, 0.2) is 0 Å². The second-order valence-electron chi connectivity index (χ2n) is 5.07. The van der Waals surface area contributed by atoms with E-state index in [9.17, 15) is 4.79 Å². The molecule has 0 aromatic carbocycles. The Hall–Kier alpha value is -0.570. The minimum Gasteiger partial charge on any atom is -0.352 e. The van der Waals surface area contributed by atoms with Gasteiger partial charge in [-0.25, -0.2) is 0 Å². The van der Waals surface area contributed by atoms with E-state index in [1.165, 1.54) is 12.8 Å². The molecule has 3 heteroatoms. The molecule has 0 unspecified atom stereocenters. The molecule has 0 saturated heterocycles. The topological polar surface area (TPSA) is 41.1 Å². The zero-order valence-electron chi connectivity index (χ0n) is 10.9. The predicted octanol–water partition coefficient (Wildman–Crippen LogP) is 2.21. The molecule has 3 nitrogen and oxygen atoms in total. The average Bonchev–Trinajstić information content (AvgIpc) is 2.70. The van der Waals surface area contributed by atoms with Crippen LogP contribution >= 0.6 is 0 Å². The van der Waals surface area contributed by atoms with Gasteiger partial charge in [-0.15, -0.1) is 0 Å². The summed E-state index contributed by atoms with van der Waals surface area (Å²) in [6, 6.07) is 0.787. The van der Waals surface area contributed by atoms with Gasteiger partial charge in [0.1, 0.15) is 0 Å². The Balaban J connectivity index is 2.23. The lowest BCUT2D eigenvalue weighted by Crippen LogP contribution is -2.48. The molecule has 2 N–H and O–H groups in total. The van der Waals surface area contributed by atoms with Gasteiger partial charge in [0.05, 0.1) is 6.04 Å². The Morgan fingerprint density at radius 3 is 2.50 bits per heavy atom. The van der Waals surface area contributed by atoms with Crippen LogP contribution in [0, 0.1) is 0 Å². The van der Waals surface area contributed by atoms with Crippen molar-refractivity contribution in [2.45, 2.75) is 77.4 Å². The zero-order chi connectivity index (χ0) is 12.0. The van der Waals surface area contributed by atoms with Gasteiger partial charge >= 0.3 is 0 Å². The Morgan fingerprint density at radius 2 is 1.94 bits per heavy atom. The molecule has 0 heterocycles. The smallest absolute Gasteiger partial charge is 0.237 e. The van der Waals surface area contributed by atoms with Crippen molar-refractivity contribution in [3.63, 3.8) is 0 Å². The van der Waals surface area contributed by atoms with Crippen LogP contribution in [0.15, 0.2) is 0 Å². The fraction of sp³-hybridized carbons (Fsp3) is 0.923. The molecule has 0 aliphatic heterocycles. The van der Waals surface area contributed by atoms with Gasteiger partial charge in [0.2, 0.25) is 5.91 Å². The van der Waals surface area contributed by atoms with Crippen molar-refractivity contribution in [2.75, 3.05) is 0 Å². The number of rotatable bonds is 6. The first kappa shape index (κ1) is 13.5. The summed E-state index contributed by atoms with van der Waals surface area (Å²) in [6.45, 7) is 6.26. The number of carbonyl (C=O) groups is 1. The Kier molecular flexibility index (Phi) is 5.81. The van der Waals surface area contributed by atoms with Gasteiger partial charge < -0.3 is 10.6 Å². The van der Waals surface area contributed by atoms with Crippen molar-refractivity contribution in [1.82, 2.24) is 10.6 Å². The minimum absolute atomic E-state index is 0.0675. The lowest BCUT2D eigenvalue weighted by molar-refractivity contribution is -0.123. The van der Waals surface area contributed by atoms with E-state index in [4.69, 9.17) is 0 Å². The summed E-state index contributed by atoms with van der Waals surface area (Å²) in [5.74, 6) is 0.162. The molecule has 0 radical (unpaired) electrons. The van der Waals surface area contributed by atoms with E-state index in [2.05, 4.69) is 24.5 Å². The fourth-order valence-corrected chi connectivity index (χ4v) is 2.42. The van der Waals surface area contributed by atoms with Gasteiger partial charge in [-0.05, 0) is 33.1 Å². The molecule has 1 saturated carbocycles. The normalized spacial score (nSPS) is 20.7. The molecule has 1 aliphatic rings. The molecular formula is C13H26N2O. The zero-order valence-corrected chi connectivity index (χ0v) is 10.9. The van der Waals surface area contributed by atoms with Gasteiger partial charge in [-0.3, -0.25) is 4.79 Å². The summed E-state index contributed by atoms with van der Waals surface area (Å²) in [5.41, 5.74) is 0. The third kappa shape index (κ3) is 4.52. The van der Waals surface area contributed by atoms with Crippen molar-refractivity contribution in [3.05, 3.63) is 0 Å². The van der Waals surface area contributed by atoms with Crippen molar-refractivity contribution >= 4 is 5.91 Å². The van der Waals surface area contributed by atoms with Crippen molar-refractivity contribution in [1.29, 1.82) is 0 Å². The summed E-state index contributed by atoms with van der Waals surface area (Å²) in [6.07, 6.45) is 7.12. The molecule has 16 heavy (non-hydrogen) atoms. The molecule has 1 amide bonds. The van der Waals surface area contributed by atoms with Crippen LogP contribution in [-0.4, -0.2) is 24.0 Å². The number of hydrogen-bond acceptors (Lipinski definition) is 2. The van der Waals surface area contributed by atoms with E-state index < -0.39 is 0 Å². The van der Waals surface area contributed by atoms with E-state index in [-0.39, 0.29) is 11.9 Å². The SMILES string of the molecule is CCC[C@H](C)N[C@@H](C)C(=O)NC1CCCC1. The lowest BCUT2D eigenvalue weighted by atomic mass is 10.1. The highest BCUT2D eigenvalue weighted by atomic mass is 16.2. The van der Waals surface area contributed by atoms with Gasteiger partial charge in [-0.2, -0.15) is 0 Å². The quantitative estimate of drug-likeness (QED) is 0.729. The molecule has 2 atom stereocenters. The molecule has 0 aromatic heterocycles. The van der Waals surface area contributed by atoms with Crippen molar-refractivity contribution in [2.24, 2.45) is 0 Å². The summed E-state index contributed by atoms with van der Waals surface area (Å²) in [4.78, 5) is 11.9. The average molecular weight is 226 g/mol. The number of amides is 1. The maximum absolute atomic E-state index is 11.9. The van der Waals surface area contributed by atoms with Gasteiger partial charge in [0.25, 0.3) is 0 Å². The molecule has 1 fully saturated rings. The molecular weight excluding hydrogens is 200 g/mol. The minimum atomic E-state index is -0.0675. The van der Waals surface area contributed by atoms with Crippen LogP contribution in [0.3, 0.4) is 0 Å². The monoisotopic (exact) mass is 226 g/mol. The molecule has 1 aliphatic carbocycles. The molecule has 0 spiro atoms. The van der Waals surface area contributed by atoms with Crippen LogP contribution in [0.5, 0.6) is 0 Å². The van der Waals surface area contributed by atoms with Gasteiger partial charge in [-0.1, -0.05) is 26.2 Å². The van der Waals surface area contributed by atoms with Crippen LogP contribution in [0.2, 0.25) is 0 Å². The molecule has 94 valence electrons. The second-order valence-corrected chi connectivity index (χ2v) is 5.07. The standard InChI is InChI=1S/C13H26N2O/c1-4-7-10(2)14-11(3)13(16)15-12-8-5-6-9-12/h10-12,14H,4-9H2,1-3H3,(H,15,16)/t10-,11-/m0/s1. The Bertz CT molecular complexity index is 212. The summed E-state index contributed by atoms with van der Waals surface area (Å²) < 4.78 is 0. The van der Waals surface area contributed by atoms with Crippen molar-refractivity contribution in [3.8, 4) is 0 Å². The van der Waals surface area contributed by atoms with Crippen LogP contribution < -0.4 is 10.6 Å². The fourth-order valence-electron chi connectivity index (χ4n) is 2.42. The van der Waals surface area contributed by atoms with E-state index in [0.29, 0.717) is 12.1 Å². The van der Waals surface area contributed by atoms with Gasteiger partial charge in [0, 0.05) is 12.1 Å². The number of hydrogen-bond donors (Lipinski definition) is 2. The molecule has 0 aromatic rings. The maximum Gasteiger partial charge on any atom is 0.237 e. The highest BCUT2D eigenvalue weighted by Gasteiger charge is 2.21. The number of carbonyl (C=O) groups excluding carboxylic acids is 1. The number of nitrogens with one attached hydrogen (secondary N) is 2. The van der Waals surface area contributed by atoms with Crippen LogP contribution in [-0.2, 0) is 4.79 Å².